The zero-order valence-corrected chi connectivity index (χ0v) is 15.7. The molecule has 0 atom stereocenters. The van der Waals surface area contributed by atoms with Crippen molar-refractivity contribution in [3.63, 3.8) is 0 Å². The topological polar surface area (TPSA) is 3.24 Å². The Morgan fingerprint density at radius 2 is 1.39 bits per heavy atom. The van der Waals surface area contributed by atoms with Crippen molar-refractivity contribution in [2.24, 2.45) is 5.41 Å². The third-order valence-electron chi connectivity index (χ3n) is 4.10. The molecule has 104 valence electrons. The van der Waals surface area contributed by atoms with E-state index < -0.39 is 0 Å². The summed E-state index contributed by atoms with van der Waals surface area (Å²) in [5.74, 6) is 0. The van der Waals surface area contributed by atoms with E-state index in [1.165, 1.54) is 18.7 Å². The van der Waals surface area contributed by atoms with Crippen LogP contribution in [0.3, 0.4) is 0 Å². The fraction of sp³-hybridized carbons (Fsp3) is 0.714. The largest absolute Gasteiger partial charge is 1.00 e. The number of hydrogen-bond acceptors (Lipinski definition) is 1. The van der Waals surface area contributed by atoms with Crippen molar-refractivity contribution in [2.75, 3.05) is 13.1 Å². The number of rotatable bonds is 4. The van der Waals surface area contributed by atoms with E-state index in [1.807, 2.05) is 0 Å². The smallest absolute Gasteiger partial charge is 1.00 e. The molecule has 0 saturated heterocycles. The number of allylic oxidation sites excluding steroid dienone is 4. The maximum atomic E-state index is 2.63. The van der Waals surface area contributed by atoms with Gasteiger partial charge in [0.15, 0.2) is 0 Å². The molecule has 0 unspecified atom stereocenters. The van der Waals surface area contributed by atoms with E-state index in [9.17, 15) is 0 Å². The molecular formula is C14H25Cl2NTi. The van der Waals surface area contributed by atoms with Crippen LogP contribution in [0.5, 0.6) is 0 Å². The summed E-state index contributed by atoms with van der Waals surface area (Å²) in [4.78, 5) is 0. The summed E-state index contributed by atoms with van der Waals surface area (Å²) in [7, 11) is 0. The first-order chi connectivity index (χ1) is 7.36. The molecule has 0 aliphatic heterocycles. The van der Waals surface area contributed by atoms with Crippen LogP contribution in [0.1, 0.15) is 48.5 Å². The zero-order valence-electron chi connectivity index (χ0n) is 12.6. The third-order valence-corrected chi connectivity index (χ3v) is 7.49. The van der Waals surface area contributed by atoms with Crippen LogP contribution in [0.25, 0.3) is 0 Å². The van der Waals surface area contributed by atoms with Gasteiger partial charge >= 0.3 is 110 Å². The summed E-state index contributed by atoms with van der Waals surface area (Å²) in [6, 6.07) is 0. The quantitative estimate of drug-likeness (QED) is 0.540. The Morgan fingerprint density at radius 3 is 1.67 bits per heavy atom. The predicted molar refractivity (Wildman–Crippen MR) is 67.8 cm³/mol. The van der Waals surface area contributed by atoms with E-state index in [4.69, 9.17) is 0 Å². The van der Waals surface area contributed by atoms with Crippen molar-refractivity contribution in [3.05, 3.63) is 20.6 Å². The van der Waals surface area contributed by atoms with E-state index in [2.05, 4.69) is 51.8 Å². The average Bonchev–Trinajstić information content (AvgIpc) is 2.39. The van der Waals surface area contributed by atoms with Crippen molar-refractivity contribution >= 4 is 0 Å². The van der Waals surface area contributed by atoms with Crippen LogP contribution in [-0.2, 0) is 19.4 Å². The second-order valence-electron chi connectivity index (χ2n) is 5.16. The van der Waals surface area contributed by atoms with Crippen molar-refractivity contribution in [2.45, 2.75) is 48.5 Å². The summed E-state index contributed by atoms with van der Waals surface area (Å²) in [5, 5.41) is 0. The summed E-state index contributed by atoms with van der Waals surface area (Å²) in [6.07, 6.45) is 0. The molecule has 0 N–H and O–H groups in total. The molecular weight excluding hydrogens is 301 g/mol. The van der Waals surface area contributed by atoms with Crippen molar-refractivity contribution < 1.29 is 44.2 Å². The van der Waals surface area contributed by atoms with E-state index in [-0.39, 0.29) is 44.2 Å². The Morgan fingerprint density at radius 1 is 0.944 bits per heavy atom. The van der Waals surface area contributed by atoms with E-state index >= 15 is 0 Å². The van der Waals surface area contributed by atoms with Gasteiger partial charge in [0.1, 0.15) is 0 Å². The minimum absolute atomic E-state index is 0. The molecule has 0 saturated carbocycles. The Kier molecular flexibility index (Phi) is 9.49. The van der Waals surface area contributed by atoms with Crippen LogP contribution in [0.15, 0.2) is 20.6 Å². The molecule has 0 spiro atoms. The summed E-state index contributed by atoms with van der Waals surface area (Å²) < 4.78 is 4.37. The molecule has 4 heteroatoms. The van der Waals surface area contributed by atoms with Gasteiger partial charge < -0.3 is 24.8 Å². The first kappa shape index (κ1) is 21.0. The number of nitrogens with zero attached hydrogens (tertiary/aromatic N) is 1. The molecule has 0 heterocycles. The molecule has 0 aromatic rings. The summed E-state index contributed by atoms with van der Waals surface area (Å²) in [5.41, 5.74) is 5.01. The maximum Gasteiger partial charge on any atom is -1.00 e. The Balaban J connectivity index is 0. The van der Waals surface area contributed by atoms with Gasteiger partial charge in [0.25, 0.3) is 0 Å². The SMILES string of the molecule is CC[N](CC)[Ti+2][C]1=C(C)C(C)=C(C)C1(C)C.[Cl-].[Cl-]. The van der Waals surface area contributed by atoms with Crippen LogP contribution in [0.4, 0.5) is 0 Å². The fourth-order valence-electron chi connectivity index (χ4n) is 2.36. The molecule has 1 nitrogen and oxygen atoms in total. The van der Waals surface area contributed by atoms with E-state index in [1.54, 1.807) is 15.0 Å². The van der Waals surface area contributed by atoms with Crippen LogP contribution in [0, 0.1) is 5.41 Å². The second kappa shape index (κ2) is 8.12. The molecule has 1 aliphatic rings. The third kappa shape index (κ3) is 3.87. The Hall–Kier alpha value is 0.734. The molecule has 1 aliphatic carbocycles. The van der Waals surface area contributed by atoms with Gasteiger partial charge in [-0.25, -0.2) is 0 Å². The van der Waals surface area contributed by atoms with E-state index in [0.29, 0.717) is 5.41 Å². The molecule has 0 aromatic heterocycles. The second-order valence-corrected chi connectivity index (χ2v) is 7.28. The standard InChI is InChI=1S/C10H15.C4H10N.2ClH.Ti/c1-7-6-10(4,5)9(3)8(7)2;1-3-5-4-2;;;/h1-5H3;3-4H2,1-2H3;2*1H;/q;-1;;;+3/p-2. The minimum atomic E-state index is -0.105. The molecule has 18 heavy (non-hydrogen) atoms. The van der Waals surface area contributed by atoms with Crippen LogP contribution >= 0.6 is 0 Å². The van der Waals surface area contributed by atoms with Crippen LogP contribution in [-0.4, -0.2) is 16.5 Å². The fourth-order valence-corrected chi connectivity index (χ4v) is 4.63. The van der Waals surface area contributed by atoms with Gasteiger partial charge in [0.05, 0.1) is 0 Å². The van der Waals surface area contributed by atoms with Crippen LogP contribution in [0.2, 0.25) is 0 Å². The zero-order chi connectivity index (χ0) is 12.5. The van der Waals surface area contributed by atoms with Crippen molar-refractivity contribution in [1.82, 2.24) is 3.38 Å². The molecule has 0 radical (unpaired) electrons. The van der Waals surface area contributed by atoms with Gasteiger partial charge in [-0.3, -0.25) is 0 Å². The molecule has 1 rings (SSSR count). The molecule has 0 fully saturated rings. The van der Waals surface area contributed by atoms with Gasteiger partial charge in [0.2, 0.25) is 0 Å². The first-order valence-electron chi connectivity index (χ1n) is 6.27. The van der Waals surface area contributed by atoms with E-state index in [0.717, 1.165) is 0 Å². The van der Waals surface area contributed by atoms with Gasteiger partial charge in [-0.15, -0.1) is 0 Å². The predicted octanol–water partition coefficient (Wildman–Crippen LogP) is -2.02. The Labute approximate surface area is 135 Å². The molecule has 0 amide bonds. The van der Waals surface area contributed by atoms with Crippen molar-refractivity contribution in [3.8, 4) is 0 Å². The monoisotopic (exact) mass is 325 g/mol. The molecule has 0 aromatic carbocycles. The molecule has 0 bridgehead atoms. The Bertz CT molecular complexity index is 342. The van der Waals surface area contributed by atoms with Gasteiger partial charge in [0, 0.05) is 0 Å². The normalized spacial score (nSPS) is 17.6. The van der Waals surface area contributed by atoms with Gasteiger partial charge in [-0.2, -0.15) is 0 Å². The summed E-state index contributed by atoms with van der Waals surface area (Å²) >= 11 is -0.105. The van der Waals surface area contributed by atoms with Gasteiger partial charge in [-0.1, -0.05) is 0 Å². The van der Waals surface area contributed by atoms with Crippen molar-refractivity contribution in [1.29, 1.82) is 0 Å². The van der Waals surface area contributed by atoms with Crippen LogP contribution < -0.4 is 24.8 Å². The summed E-state index contributed by atoms with van der Waals surface area (Å²) in [6.45, 7) is 18.6. The minimum Gasteiger partial charge on any atom is -1.00 e. The number of halogens is 2. The number of hydrogen-bond donors (Lipinski definition) is 0. The first-order valence-corrected chi connectivity index (χ1v) is 7.75. The van der Waals surface area contributed by atoms with Gasteiger partial charge in [-0.05, 0) is 0 Å². The maximum absolute atomic E-state index is 2.63. The average molecular weight is 326 g/mol.